The minimum absolute atomic E-state index is 0.207. The van der Waals surface area contributed by atoms with Gasteiger partial charge in [0, 0.05) is 39.5 Å². The van der Waals surface area contributed by atoms with Crippen LogP contribution < -0.4 is 9.80 Å². The Morgan fingerprint density at radius 1 is 0.396 bits per heavy atom. The van der Waals surface area contributed by atoms with E-state index in [9.17, 15) is 0 Å². The number of rotatable bonds is 9. The van der Waals surface area contributed by atoms with E-state index in [-0.39, 0.29) is 5.41 Å². The fourth-order valence-electron chi connectivity index (χ4n) is 7.57. The Morgan fingerprint density at radius 3 is 1.17 bits per heavy atom. The molecule has 0 N–H and O–H groups in total. The number of para-hydroxylation sites is 2. The van der Waals surface area contributed by atoms with Crippen LogP contribution in [0.5, 0.6) is 0 Å². The van der Waals surface area contributed by atoms with Crippen molar-refractivity contribution in [3.05, 3.63) is 209 Å². The molecule has 0 aromatic heterocycles. The summed E-state index contributed by atoms with van der Waals surface area (Å²) in [6, 6.07) is 61.7. The zero-order valence-electron chi connectivity index (χ0n) is 30.9. The quantitative estimate of drug-likeness (QED) is 0.140. The molecule has 8 rings (SSSR count). The molecule has 0 saturated carbocycles. The van der Waals surface area contributed by atoms with Crippen molar-refractivity contribution >= 4 is 52.4 Å². The molecule has 2 heteroatoms. The van der Waals surface area contributed by atoms with Crippen molar-refractivity contribution in [2.24, 2.45) is 0 Å². The summed E-state index contributed by atoms with van der Waals surface area (Å²) in [6.45, 7) is 8.91. The van der Waals surface area contributed by atoms with Gasteiger partial charge in [-0.05, 0) is 126 Å². The highest BCUT2D eigenvalue weighted by Crippen LogP contribution is 2.52. The van der Waals surface area contributed by atoms with Crippen LogP contribution in [-0.4, -0.2) is 0 Å². The third kappa shape index (κ3) is 6.72. The standard InChI is InChI=1S/C51H44N2/c1-5-12-38-23-27-43(28-24-38)52(41-13-8-6-9-14-41)45-31-33-47-48-34-32-46(36-50(48)51(3,4)49(47)35-45)53(42-15-10-7-11-16-42)44-29-25-40(26-30-44)22-21-39-19-17-37(2)18-20-39/h5-36H,1-4H3. The number of allylic oxidation sites excluding steroid dienone is 1. The van der Waals surface area contributed by atoms with E-state index in [1.54, 1.807) is 0 Å². The predicted molar refractivity (Wildman–Crippen MR) is 228 cm³/mol. The Labute approximate surface area is 314 Å². The predicted octanol–water partition coefficient (Wildman–Crippen LogP) is 14.4. The van der Waals surface area contributed by atoms with Crippen molar-refractivity contribution in [3.63, 3.8) is 0 Å². The summed E-state index contributed by atoms with van der Waals surface area (Å²) in [5.74, 6) is 0. The molecule has 258 valence electrons. The highest BCUT2D eigenvalue weighted by atomic mass is 15.1. The van der Waals surface area contributed by atoms with Crippen molar-refractivity contribution in [2.75, 3.05) is 9.80 Å². The maximum atomic E-state index is 2.40. The minimum atomic E-state index is -0.207. The second-order valence-corrected chi connectivity index (χ2v) is 14.4. The lowest BCUT2D eigenvalue weighted by atomic mass is 9.82. The lowest BCUT2D eigenvalue weighted by Crippen LogP contribution is -2.17. The molecule has 0 spiro atoms. The van der Waals surface area contributed by atoms with Crippen LogP contribution in [0.15, 0.2) is 176 Å². The van der Waals surface area contributed by atoms with Crippen LogP contribution in [0.4, 0.5) is 34.1 Å². The van der Waals surface area contributed by atoms with Crippen LogP contribution in [0.1, 0.15) is 54.2 Å². The molecule has 0 saturated heterocycles. The first-order valence-electron chi connectivity index (χ1n) is 18.5. The molecule has 0 amide bonds. The zero-order chi connectivity index (χ0) is 36.4. The topological polar surface area (TPSA) is 6.48 Å². The average Bonchev–Trinajstić information content (AvgIpc) is 3.42. The van der Waals surface area contributed by atoms with Crippen LogP contribution in [-0.2, 0) is 5.41 Å². The highest BCUT2D eigenvalue weighted by Gasteiger charge is 2.36. The molecule has 1 aliphatic carbocycles. The Balaban J connectivity index is 1.15. The number of anilines is 6. The average molecular weight is 685 g/mol. The van der Waals surface area contributed by atoms with Gasteiger partial charge >= 0.3 is 0 Å². The van der Waals surface area contributed by atoms with Crippen molar-refractivity contribution < 1.29 is 0 Å². The molecule has 0 heterocycles. The van der Waals surface area contributed by atoms with E-state index < -0.39 is 0 Å². The van der Waals surface area contributed by atoms with Gasteiger partial charge in [0.25, 0.3) is 0 Å². The Morgan fingerprint density at radius 2 is 0.755 bits per heavy atom. The van der Waals surface area contributed by atoms with Gasteiger partial charge in [-0.2, -0.15) is 0 Å². The van der Waals surface area contributed by atoms with Gasteiger partial charge in [0.15, 0.2) is 0 Å². The Kier molecular flexibility index (Phi) is 9.12. The van der Waals surface area contributed by atoms with E-state index in [0.29, 0.717) is 0 Å². The summed E-state index contributed by atoms with van der Waals surface area (Å²) in [5, 5.41) is 0. The van der Waals surface area contributed by atoms with E-state index in [4.69, 9.17) is 0 Å². The smallest absolute Gasteiger partial charge is 0.0465 e. The van der Waals surface area contributed by atoms with Gasteiger partial charge in [-0.1, -0.05) is 141 Å². The SMILES string of the molecule is CC=Cc1ccc(N(c2ccccc2)c2ccc3c(c2)C(C)(C)c2cc(N(c4ccccc4)c4ccc(C=Cc5ccc(C)cc5)cc4)ccc2-3)cc1. The molecular weight excluding hydrogens is 641 g/mol. The van der Waals surface area contributed by atoms with Crippen molar-refractivity contribution in [2.45, 2.75) is 33.1 Å². The Bertz CT molecular complexity index is 2400. The van der Waals surface area contributed by atoms with Gasteiger partial charge in [-0.25, -0.2) is 0 Å². The molecule has 0 fully saturated rings. The summed E-state index contributed by atoms with van der Waals surface area (Å²) < 4.78 is 0. The number of hydrogen-bond acceptors (Lipinski definition) is 2. The monoisotopic (exact) mass is 684 g/mol. The molecule has 7 aromatic rings. The number of hydrogen-bond donors (Lipinski definition) is 0. The normalized spacial score (nSPS) is 12.9. The molecule has 0 radical (unpaired) electrons. The maximum Gasteiger partial charge on any atom is 0.0465 e. The minimum Gasteiger partial charge on any atom is -0.310 e. The Hall–Kier alpha value is -6.38. The largest absolute Gasteiger partial charge is 0.310 e. The highest BCUT2D eigenvalue weighted by molar-refractivity contribution is 5.88. The first-order chi connectivity index (χ1) is 25.9. The van der Waals surface area contributed by atoms with E-state index >= 15 is 0 Å². The van der Waals surface area contributed by atoms with Gasteiger partial charge in [0.05, 0.1) is 0 Å². The fraction of sp³-hybridized carbons (Fsp3) is 0.0980. The molecular formula is C51H44N2. The molecule has 0 aliphatic heterocycles. The van der Waals surface area contributed by atoms with Gasteiger partial charge in [0.1, 0.15) is 0 Å². The fourth-order valence-corrected chi connectivity index (χ4v) is 7.57. The third-order valence-corrected chi connectivity index (χ3v) is 10.4. The first kappa shape index (κ1) is 33.7. The maximum absolute atomic E-state index is 2.40. The summed E-state index contributed by atoms with van der Waals surface area (Å²) in [7, 11) is 0. The lowest BCUT2D eigenvalue weighted by molar-refractivity contribution is 0.660. The van der Waals surface area contributed by atoms with Crippen LogP contribution in [0.3, 0.4) is 0 Å². The molecule has 0 bridgehead atoms. The van der Waals surface area contributed by atoms with Gasteiger partial charge in [-0.15, -0.1) is 0 Å². The van der Waals surface area contributed by atoms with E-state index in [1.807, 2.05) is 0 Å². The number of benzene rings is 7. The van der Waals surface area contributed by atoms with E-state index in [1.165, 1.54) is 44.5 Å². The van der Waals surface area contributed by atoms with Crippen LogP contribution >= 0.6 is 0 Å². The number of aryl methyl sites for hydroxylation is 1. The van der Waals surface area contributed by atoms with E-state index in [0.717, 1.165) is 34.1 Å². The molecule has 1 aliphatic rings. The number of fused-ring (bicyclic) bond motifs is 3. The summed E-state index contributed by atoms with van der Waals surface area (Å²) >= 11 is 0. The van der Waals surface area contributed by atoms with Crippen molar-refractivity contribution in [1.29, 1.82) is 0 Å². The molecule has 53 heavy (non-hydrogen) atoms. The van der Waals surface area contributed by atoms with E-state index in [2.05, 4.69) is 232 Å². The van der Waals surface area contributed by atoms with Crippen molar-refractivity contribution in [3.8, 4) is 11.1 Å². The third-order valence-electron chi connectivity index (χ3n) is 10.4. The summed E-state index contributed by atoms with van der Waals surface area (Å²) in [6.07, 6.45) is 8.58. The summed E-state index contributed by atoms with van der Waals surface area (Å²) in [4.78, 5) is 4.73. The van der Waals surface area contributed by atoms with Crippen LogP contribution in [0.2, 0.25) is 0 Å². The molecule has 2 nitrogen and oxygen atoms in total. The van der Waals surface area contributed by atoms with Gasteiger partial charge in [0.2, 0.25) is 0 Å². The second-order valence-electron chi connectivity index (χ2n) is 14.4. The first-order valence-corrected chi connectivity index (χ1v) is 18.5. The second kappa shape index (κ2) is 14.3. The lowest BCUT2D eigenvalue weighted by Gasteiger charge is -2.29. The van der Waals surface area contributed by atoms with Gasteiger partial charge in [-0.3, -0.25) is 0 Å². The van der Waals surface area contributed by atoms with Crippen molar-refractivity contribution in [1.82, 2.24) is 0 Å². The molecule has 7 aromatic carbocycles. The zero-order valence-corrected chi connectivity index (χ0v) is 30.9. The van der Waals surface area contributed by atoms with Crippen LogP contribution in [0.25, 0.3) is 29.4 Å². The van der Waals surface area contributed by atoms with Gasteiger partial charge < -0.3 is 9.80 Å². The molecule has 0 atom stereocenters. The van der Waals surface area contributed by atoms with Crippen LogP contribution in [0, 0.1) is 6.92 Å². The number of nitrogens with zero attached hydrogens (tertiary/aromatic N) is 2. The molecule has 0 unspecified atom stereocenters. The summed E-state index contributed by atoms with van der Waals surface area (Å²) in [5.41, 5.74) is 16.7.